The van der Waals surface area contributed by atoms with E-state index in [0.29, 0.717) is 43.2 Å². The fraction of sp³-hybridized carbons (Fsp3) is 0.190. The van der Waals surface area contributed by atoms with Crippen molar-refractivity contribution in [3.63, 3.8) is 0 Å². The monoisotopic (exact) mass is 469 g/mol. The van der Waals surface area contributed by atoms with Crippen LogP contribution in [0.1, 0.15) is 19.7 Å². The fourth-order valence-electron chi connectivity index (χ4n) is 3.31. The highest BCUT2D eigenvalue weighted by molar-refractivity contribution is 6.43. The van der Waals surface area contributed by atoms with Gasteiger partial charge in [0.15, 0.2) is 5.75 Å². The van der Waals surface area contributed by atoms with Crippen LogP contribution >= 0.6 is 46.4 Å². The molecule has 0 spiro atoms. The predicted molar refractivity (Wildman–Crippen MR) is 119 cm³/mol. The van der Waals surface area contributed by atoms with Crippen LogP contribution in [0.25, 0.3) is 17.2 Å². The minimum absolute atomic E-state index is 0.460. The molecule has 0 N–H and O–H groups in total. The molecule has 0 atom stereocenters. The van der Waals surface area contributed by atoms with Crippen molar-refractivity contribution in [2.24, 2.45) is 0 Å². The Labute approximate surface area is 188 Å². The van der Waals surface area contributed by atoms with Gasteiger partial charge in [-0.05, 0) is 32.1 Å². The molecule has 0 unspecified atom stereocenters. The Morgan fingerprint density at radius 2 is 1.66 bits per heavy atom. The lowest BCUT2D eigenvalue weighted by Crippen LogP contribution is -2.33. The Kier molecular flexibility index (Phi) is 5.71. The van der Waals surface area contributed by atoms with Crippen LogP contribution in [-0.4, -0.2) is 6.54 Å². The first-order valence-electron chi connectivity index (χ1n) is 9.07. The van der Waals surface area contributed by atoms with Crippen LogP contribution < -0.4 is 14.2 Å². The molecule has 1 aliphatic heterocycles. The molecule has 2 heterocycles. The molecule has 4 nitrogen and oxygen atoms in total. The van der Waals surface area contributed by atoms with Crippen LogP contribution in [0.2, 0.25) is 20.1 Å². The molecule has 3 aromatic rings. The van der Waals surface area contributed by atoms with Gasteiger partial charge in [0.25, 0.3) is 5.52 Å². The zero-order valence-corrected chi connectivity index (χ0v) is 18.7. The average molecular weight is 471 g/mol. The fourth-order valence-corrected chi connectivity index (χ4v) is 3.93. The van der Waals surface area contributed by atoms with Gasteiger partial charge in [-0.15, -0.1) is 0 Å². The van der Waals surface area contributed by atoms with Crippen LogP contribution in [0.4, 0.5) is 5.69 Å². The predicted octanol–water partition coefficient (Wildman–Crippen LogP) is 7.13. The van der Waals surface area contributed by atoms with Crippen molar-refractivity contribution >= 4 is 69.3 Å². The highest BCUT2D eigenvalue weighted by Crippen LogP contribution is 2.43. The van der Waals surface area contributed by atoms with Crippen LogP contribution in [-0.2, 0) is 6.54 Å². The van der Waals surface area contributed by atoms with E-state index in [1.165, 1.54) is 0 Å². The molecule has 1 aliphatic rings. The summed E-state index contributed by atoms with van der Waals surface area (Å²) in [7, 11) is 0. The summed E-state index contributed by atoms with van der Waals surface area (Å²) >= 11 is 24.5. The maximum atomic E-state index is 6.16. The van der Waals surface area contributed by atoms with E-state index in [-0.39, 0.29) is 0 Å². The van der Waals surface area contributed by atoms with Gasteiger partial charge in [0, 0.05) is 24.7 Å². The zero-order chi connectivity index (χ0) is 20.7. The molecule has 0 amide bonds. The topological polar surface area (TPSA) is 29.5 Å². The van der Waals surface area contributed by atoms with Crippen molar-refractivity contribution in [2.75, 3.05) is 11.4 Å². The molecule has 0 bridgehead atoms. The van der Waals surface area contributed by atoms with Crippen molar-refractivity contribution in [2.45, 2.75) is 20.4 Å². The Bertz CT molecular complexity index is 1170. The summed E-state index contributed by atoms with van der Waals surface area (Å²) in [6.07, 6.45) is 5.62. The first-order valence-corrected chi connectivity index (χ1v) is 10.6. The number of aromatic nitrogens is 1. The molecule has 2 aromatic carbocycles. The molecule has 0 radical (unpaired) electrons. The van der Waals surface area contributed by atoms with Gasteiger partial charge in [-0.3, -0.25) is 0 Å². The Hall–Kier alpha value is -1.85. The third-order valence-corrected chi connectivity index (χ3v) is 6.10. The summed E-state index contributed by atoms with van der Waals surface area (Å²) in [5, 5.41) is 1.91. The SMILES string of the molecule is CCN1C(=CC=Cc2oc3cc(Cl)c(Cl)cc3[n+]2CC)Oc2cc(Cl)c(Cl)cc21. The largest absolute Gasteiger partial charge is 0.439 e. The number of oxazole rings is 1. The van der Waals surface area contributed by atoms with Crippen molar-refractivity contribution in [3.05, 3.63) is 68.3 Å². The number of hydrogen-bond acceptors (Lipinski definition) is 3. The smallest absolute Gasteiger partial charge is 0.374 e. The number of fused-ring (bicyclic) bond motifs is 2. The van der Waals surface area contributed by atoms with Crippen LogP contribution in [0, 0.1) is 0 Å². The van der Waals surface area contributed by atoms with Crippen molar-refractivity contribution in [1.29, 1.82) is 0 Å². The van der Waals surface area contributed by atoms with Crippen LogP contribution in [0.5, 0.6) is 5.75 Å². The van der Waals surface area contributed by atoms with E-state index in [9.17, 15) is 0 Å². The number of ether oxygens (including phenoxy) is 1. The van der Waals surface area contributed by atoms with Gasteiger partial charge in [-0.25, -0.2) is 0 Å². The van der Waals surface area contributed by atoms with Gasteiger partial charge in [0.05, 0.1) is 31.9 Å². The highest BCUT2D eigenvalue weighted by Gasteiger charge is 2.26. The molecule has 1 aromatic heterocycles. The van der Waals surface area contributed by atoms with Crippen LogP contribution in [0.15, 0.2) is 46.7 Å². The van der Waals surface area contributed by atoms with Gasteiger partial charge in [0.1, 0.15) is 6.54 Å². The summed E-state index contributed by atoms with van der Waals surface area (Å²) < 4.78 is 13.9. The van der Waals surface area contributed by atoms with E-state index in [1.807, 2.05) is 53.7 Å². The second-order valence-corrected chi connectivity index (χ2v) is 7.99. The molecule has 29 heavy (non-hydrogen) atoms. The molecule has 0 saturated carbocycles. The lowest BCUT2D eigenvalue weighted by Gasteiger charge is -2.15. The third-order valence-electron chi connectivity index (χ3n) is 4.66. The van der Waals surface area contributed by atoms with Gasteiger partial charge >= 0.3 is 5.89 Å². The first kappa shape index (κ1) is 20.4. The number of anilines is 1. The number of aryl methyl sites for hydroxylation is 1. The van der Waals surface area contributed by atoms with Crippen molar-refractivity contribution < 1.29 is 13.7 Å². The summed E-state index contributed by atoms with van der Waals surface area (Å²) in [5.74, 6) is 2.04. The summed E-state index contributed by atoms with van der Waals surface area (Å²) in [4.78, 5) is 2.02. The third kappa shape index (κ3) is 3.71. The molecule has 0 fully saturated rings. The second kappa shape index (κ2) is 8.11. The van der Waals surface area contributed by atoms with Gasteiger partial charge in [0.2, 0.25) is 11.5 Å². The van der Waals surface area contributed by atoms with Crippen molar-refractivity contribution in [3.8, 4) is 5.75 Å². The number of hydrogen-bond donors (Lipinski definition) is 0. The Morgan fingerprint density at radius 1 is 0.966 bits per heavy atom. The Morgan fingerprint density at radius 3 is 2.38 bits per heavy atom. The lowest BCUT2D eigenvalue weighted by atomic mass is 10.3. The lowest BCUT2D eigenvalue weighted by molar-refractivity contribution is -0.674. The van der Waals surface area contributed by atoms with E-state index < -0.39 is 0 Å². The minimum atomic E-state index is 0.460. The van der Waals surface area contributed by atoms with Crippen molar-refractivity contribution in [1.82, 2.24) is 0 Å². The number of allylic oxidation sites excluding steroid dienone is 2. The van der Waals surface area contributed by atoms with Gasteiger partial charge in [-0.2, -0.15) is 4.57 Å². The number of rotatable bonds is 4. The summed E-state index contributed by atoms with van der Waals surface area (Å²) in [6.45, 7) is 5.52. The molecule has 150 valence electrons. The van der Waals surface area contributed by atoms with E-state index in [2.05, 4.69) is 0 Å². The highest BCUT2D eigenvalue weighted by atomic mass is 35.5. The maximum absolute atomic E-state index is 6.16. The second-order valence-electron chi connectivity index (χ2n) is 6.36. The van der Waals surface area contributed by atoms with E-state index in [1.54, 1.807) is 12.1 Å². The molecule has 0 aliphatic carbocycles. The number of benzene rings is 2. The normalized spacial score (nSPS) is 15.0. The zero-order valence-electron chi connectivity index (χ0n) is 15.7. The maximum Gasteiger partial charge on any atom is 0.374 e. The summed E-state index contributed by atoms with van der Waals surface area (Å²) in [6, 6.07) is 7.07. The first-order chi connectivity index (χ1) is 13.9. The molecular formula is C21H17Cl4N2O2+. The number of nitrogens with zero attached hydrogens (tertiary/aromatic N) is 2. The standard InChI is InChI=1S/C21H17Cl4N2O2/c1-3-26-16-8-12(22)14(24)10-18(16)28-20(26)6-5-7-21-27(4-2)17-9-13(23)15(25)11-19(17)29-21/h5-11H,3-4H2,1-2H3/q+1. The van der Waals surface area contributed by atoms with Gasteiger partial charge < -0.3 is 14.1 Å². The van der Waals surface area contributed by atoms with Gasteiger partial charge in [-0.1, -0.05) is 46.4 Å². The summed E-state index contributed by atoms with van der Waals surface area (Å²) in [5.41, 5.74) is 2.45. The van der Waals surface area contributed by atoms with E-state index >= 15 is 0 Å². The van der Waals surface area contributed by atoms with Crippen LogP contribution in [0.3, 0.4) is 0 Å². The quantitative estimate of drug-likeness (QED) is 0.380. The minimum Gasteiger partial charge on any atom is -0.439 e. The number of halogens is 4. The Balaban J connectivity index is 1.67. The van der Waals surface area contributed by atoms with E-state index in [4.69, 9.17) is 55.6 Å². The van der Waals surface area contributed by atoms with E-state index in [0.717, 1.165) is 24.3 Å². The molecule has 4 rings (SSSR count). The molecule has 8 heteroatoms. The average Bonchev–Trinajstić information content (AvgIpc) is 3.19. The molecular weight excluding hydrogens is 454 g/mol. The molecule has 0 saturated heterocycles.